The van der Waals surface area contributed by atoms with E-state index in [2.05, 4.69) is 25.9 Å². The fourth-order valence-electron chi connectivity index (χ4n) is 4.49. The number of amides is 2. The van der Waals surface area contributed by atoms with Gasteiger partial charge in [0.25, 0.3) is 5.91 Å². The van der Waals surface area contributed by atoms with Gasteiger partial charge in [0.1, 0.15) is 17.1 Å². The van der Waals surface area contributed by atoms with E-state index in [1.165, 1.54) is 19.2 Å². The number of ether oxygens (including phenoxy) is 1. The average Bonchev–Trinajstić information content (AvgIpc) is 2.89. The van der Waals surface area contributed by atoms with Gasteiger partial charge in [0.05, 0.1) is 0 Å². The van der Waals surface area contributed by atoms with Crippen molar-refractivity contribution in [3.05, 3.63) is 77.5 Å². The molecule has 2 atom stereocenters. The van der Waals surface area contributed by atoms with Gasteiger partial charge in [-0.05, 0) is 49.6 Å². The number of esters is 1. The normalized spacial score (nSPS) is 16.9. The monoisotopic (exact) mass is 528 g/mol. The average molecular weight is 529 g/mol. The Labute approximate surface area is 227 Å². The minimum absolute atomic E-state index is 0.115. The molecule has 1 aliphatic rings. The number of aromatic nitrogens is 2. The van der Waals surface area contributed by atoms with E-state index in [1.807, 2.05) is 31.2 Å². The summed E-state index contributed by atoms with van der Waals surface area (Å²) in [5, 5.41) is 9.56. The molecule has 1 aromatic heterocycles. The van der Waals surface area contributed by atoms with Crippen molar-refractivity contribution in [1.29, 1.82) is 0 Å². The van der Waals surface area contributed by atoms with Crippen LogP contribution in [0.25, 0.3) is 6.08 Å². The minimum Gasteiger partial charge on any atom is -0.426 e. The largest absolute Gasteiger partial charge is 0.426 e. The van der Waals surface area contributed by atoms with Crippen LogP contribution in [0.5, 0.6) is 5.75 Å². The first-order chi connectivity index (χ1) is 18.8. The number of anilines is 3. The maximum Gasteiger partial charge on any atom is 0.308 e. The van der Waals surface area contributed by atoms with Crippen LogP contribution in [-0.4, -0.2) is 39.8 Å². The fraction of sp³-hybridized carbons (Fsp3) is 0.276. The molecule has 39 heavy (non-hydrogen) atoms. The first-order valence-corrected chi connectivity index (χ1v) is 12.8. The topological polar surface area (TPSA) is 148 Å². The number of rotatable bonds is 9. The van der Waals surface area contributed by atoms with E-state index < -0.39 is 11.9 Å². The highest BCUT2D eigenvalue weighted by molar-refractivity contribution is 5.98. The Hall–Kier alpha value is -4.73. The zero-order chi connectivity index (χ0) is 27.8. The molecule has 5 N–H and O–H groups in total. The molecule has 2 aromatic carbocycles. The molecule has 202 valence electrons. The smallest absolute Gasteiger partial charge is 0.308 e. The number of nitrogens with zero attached hydrogens (tertiary/aromatic N) is 2. The Morgan fingerprint density at radius 2 is 1.82 bits per heavy atom. The number of carbonyl (C=O) groups excluding carboxylic acids is 3. The molecule has 0 bridgehead atoms. The van der Waals surface area contributed by atoms with Gasteiger partial charge < -0.3 is 26.4 Å². The Balaban J connectivity index is 1.46. The Kier molecular flexibility index (Phi) is 8.88. The Bertz CT molecular complexity index is 1390. The van der Waals surface area contributed by atoms with Crippen molar-refractivity contribution in [2.45, 2.75) is 51.6 Å². The third-order valence-corrected chi connectivity index (χ3v) is 6.33. The number of benzene rings is 2. The summed E-state index contributed by atoms with van der Waals surface area (Å²) in [6.07, 6.45) is 8.01. The van der Waals surface area contributed by atoms with Gasteiger partial charge in [-0.2, -0.15) is 4.98 Å². The lowest BCUT2D eigenvalue weighted by Gasteiger charge is -2.32. The van der Waals surface area contributed by atoms with Crippen LogP contribution in [0.1, 0.15) is 54.1 Å². The number of primary amides is 1. The predicted molar refractivity (Wildman–Crippen MR) is 150 cm³/mol. The molecule has 10 nitrogen and oxygen atoms in total. The van der Waals surface area contributed by atoms with Crippen LogP contribution < -0.4 is 26.4 Å². The molecule has 0 saturated heterocycles. The third-order valence-electron chi connectivity index (χ3n) is 6.33. The van der Waals surface area contributed by atoms with Gasteiger partial charge in [0, 0.05) is 42.5 Å². The fourth-order valence-corrected chi connectivity index (χ4v) is 4.49. The summed E-state index contributed by atoms with van der Waals surface area (Å²) < 4.78 is 5.21. The zero-order valence-corrected chi connectivity index (χ0v) is 21.9. The molecule has 1 heterocycles. The second-order valence-electron chi connectivity index (χ2n) is 9.43. The van der Waals surface area contributed by atoms with E-state index in [0.29, 0.717) is 23.1 Å². The molecule has 0 unspecified atom stereocenters. The van der Waals surface area contributed by atoms with Crippen molar-refractivity contribution in [1.82, 2.24) is 15.3 Å². The molecule has 0 aliphatic heterocycles. The van der Waals surface area contributed by atoms with Crippen molar-refractivity contribution in [3.63, 3.8) is 0 Å². The maximum absolute atomic E-state index is 12.8. The molecule has 1 saturated carbocycles. The lowest BCUT2D eigenvalue weighted by molar-refractivity contribution is -0.131. The van der Waals surface area contributed by atoms with E-state index in [-0.39, 0.29) is 23.6 Å². The van der Waals surface area contributed by atoms with Crippen LogP contribution in [0.2, 0.25) is 0 Å². The van der Waals surface area contributed by atoms with Gasteiger partial charge in [-0.1, -0.05) is 43.2 Å². The standard InChI is InChI=1S/C29H32N6O4/c1-18-8-7-10-21(16-18)32-28-22(27(30)38)17-31-29(35-28)34-24-12-5-4-11-23(24)33-26(37)15-14-20-9-3-6-13-25(20)39-19(2)36/h3,6-10,13-17,23-24H,4-5,11-12H2,1-2H3,(H2,30,38)(H,33,37)(H2,31,32,34,35)/b15-14-/t23-,24+/m1/s1. The Morgan fingerprint density at radius 3 is 2.56 bits per heavy atom. The van der Waals surface area contributed by atoms with Crippen molar-refractivity contribution >= 4 is 41.3 Å². The molecular weight excluding hydrogens is 496 g/mol. The molecule has 1 fully saturated rings. The van der Waals surface area contributed by atoms with Gasteiger partial charge in [-0.3, -0.25) is 14.4 Å². The highest BCUT2D eigenvalue weighted by Crippen LogP contribution is 2.25. The second-order valence-corrected chi connectivity index (χ2v) is 9.43. The van der Waals surface area contributed by atoms with Crippen molar-refractivity contribution in [2.24, 2.45) is 5.73 Å². The Morgan fingerprint density at radius 1 is 1.05 bits per heavy atom. The second kappa shape index (κ2) is 12.7. The van der Waals surface area contributed by atoms with E-state index in [1.54, 1.807) is 30.3 Å². The molecule has 10 heteroatoms. The molecule has 0 spiro atoms. The van der Waals surface area contributed by atoms with Gasteiger partial charge in [-0.15, -0.1) is 0 Å². The molecular formula is C29H32N6O4. The van der Waals surface area contributed by atoms with Crippen LogP contribution >= 0.6 is 0 Å². The van der Waals surface area contributed by atoms with Crippen LogP contribution in [0.3, 0.4) is 0 Å². The third kappa shape index (κ3) is 7.64. The summed E-state index contributed by atoms with van der Waals surface area (Å²) >= 11 is 0. The van der Waals surface area contributed by atoms with Crippen LogP contribution in [0, 0.1) is 6.92 Å². The summed E-state index contributed by atoms with van der Waals surface area (Å²) in [7, 11) is 0. The summed E-state index contributed by atoms with van der Waals surface area (Å²) in [5.41, 5.74) is 8.18. The highest BCUT2D eigenvalue weighted by Gasteiger charge is 2.27. The molecule has 0 radical (unpaired) electrons. The van der Waals surface area contributed by atoms with E-state index in [4.69, 9.17) is 10.5 Å². The summed E-state index contributed by atoms with van der Waals surface area (Å²) in [5.74, 6) is -0.319. The van der Waals surface area contributed by atoms with Gasteiger partial charge in [0.15, 0.2) is 0 Å². The number of carbonyl (C=O) groups is 3. The lowest BCUT2D eigenvalue weighted by atomic mass is 9.90. The van der Waals surface area contributed by atoms with Crippen molar-refractivity contribution in [2.75, 3.05) is 10.6 Å². The first kappa shape index (κ1) is 27.3. The number of hydrogen-bond acceptors (Lipinski definition) is 8. The SMILES string of the molecule is CC(=O)Oc1ccccc1/C=C\C(=O)N[C@@H]1CCCC[C@@H]1Nc1ncc(C(N)=O)c(Nc2cccc(C)c2)n1. The van der Waals surface area contributed by atoms with Crippen LogP contribution in [0.15, 0.2) is 60.8 Å². The number of aryl methyl sites for hydroxylation is 1. The number of para-hydroxylation sites is 1. The predicted octanol–water partition coefficient (Wildman–Crippen LogP) is 4.11. The molecule has 1 aliphatic carbocycles. The van der Waals surface area contributed by atoms with Crippen LogP contribution in [-0.2, 0) is 9.59 Å². The highest BCUT2D eigenvalue weighted by atomic mass is 16.5. The quantitative estimate of drug-likeness (QED) is 0.184. The van der Waals surface area contributed by atoms with Gasteiger partial charge in [-0.25, -0.2) is 4.98 Å². The summed E-state index contributed by atoms with van der Waals surface area (Å²) in [4.78, 5) is 45.0. The molecule has 2 amide bonds. The minimum atomic E-state index is -0.637. The van der Waals surface area contributed by atoms with Crippen molar-refractivity contribution < 1.29 is 19.1 Å². The summed E-state index contributed by atoms with van der Waals surface area (Å²) in [6, 6.07) is 14.4. The number of nitrogens with one attached hydrogen (secondary N) is 3. The van der Waals surface area contributed by atoms with Crippen molar-refractivity contribution in [3.8, 4) is 5.75 Å². The zero-order valence-electron chi connectivity index (χ0n) is 21.9. The first-order valence-electron chi connectivity index (χ1n) is 12.8. The van der Waals surface area contributed by atoms with E-state index in [9.17, 15) is 14.4 Å². The van der Waals surface area contributed by atoms with Gasteiger partial charge >= 0.3 is 5.97 Å². The van der Waals surface area contributed by atoms with Gasteiger partial charge in [0.2, 0.25) is 11.9 Å². The number of hydrogen-bond donors (Lipinski definition) is 4. The number of nitrogens with two attached hydrogens (primary N) is 1. The van der Waals surface area contributed by atoms with E-state index >= 15 is 0 Å². The van der Waals surface area contributed by atoms with E-state index in [0.717, 1.165) is 36.9 Å². The maximum atomic E-state index is 12.8. The molecule has 4 rings (SSSR count). The summed E-state index contributed by atoms with van der Waals surface area (Å²) in [6.45, 7) is 3.30. The molecule has 3 aromatic rings. The van der Waals surface area contributed by atoms with Crippen LogP contribution in [0.4, 0.5) is 17.5 Å². The lowest BCUT2D eigenvalue weighted by Crippen LogP contribution is -2.48.